The van der Waals surface area contributed by atoms with E-state index >= 15 is 0 Å². The second-order valence-corrected chi connectivity index (χ2v) is 8.47. The summed E-state index contributed by atoms with van der Waals surface area (Å²) in [6.45, 7) is 2.07. The first-order valence-electron chi connectivity index (χ1n) is 11.0. The van der Waals surface area contributed by atoms with Gasteiger partial charge in [-0.3, -0.25) is 9.59 Å². The predicted octanol–water partition coefficient (Wildman–Crippen LogP) is 2.63. The molecule has 2 heterocycles. The third-order valence-corrected chi connectivity index (χ3v) is 6.32. The molecule has 0 spiro atoms. The van der Waals surface area contributed by atoms with Gasteiger partial charge in [-0.25, -0.2) is 4.79 Å². The van der Waals surface area contributed by atoms with Crippen LogP contribution in [0.5, 0.6) is 5.75 Å². The van der Waals surface area contributed by atoms with Gasteiger partial charge in [0.05, 0.1) is 7.11 Å². The van der Waals surface area contributed by atoms with Crippen molar-refractivity contribution in [1.82, 2.24) is 9.80 Å². The lowest BCUT2D eigenvalue weighted by Gasteiger charge is -2.34. The molecule has 2 amide bonds. The molecule has 162 valence electrons. The summed E-state index contributed by atoms with van der Waals surface area (Å²) in [4.78, 5) is 40.7. The molecule has 0 radical (unpaired) electrons. The van der Waals surface area contributed by atoms with Crippen LogP contribution in [-0.2, 0) is 14.3 Å². The SMILES string of the molecule is COC(=O)[C@@H]1CCCCN1C(=O)c1ccc(OC2CCN(C(=O)C3CC3)CC2)cc1. The summed E-state index contributed by atoms with van der Waals surface area (Å²) < 4.78 is 11.0. The average Bonchev–Trinajstić information content (AvgIpc) is 3.64. The van der Waals surface area contributed by atoms with Gasteiger partial charge in [-0.1, -0.05) is 0 Å². The van der Waals surface area contributed by atoms with Gasteiger partial charge in [-0.2, -0.15) is 0 Å². The van der Waals surface area contributed by atoms with Crippen LogP contribution in [0.1, 0.15) is 55.3 Å². The maximum Gasteiger partial charge on any atom is 0.328 e. The van der Waals surface area contributed by atoms with Crippen molar-refractivity contribution in [2.24, 2.45) is 5.92 Å². The zero-order valence-corrected chi connectivity index (χ0v) is 17.5. The largest absolute Gasteiger partial charge is 0.490 e. The molecule has 7 heteroatoms. The molecule has 0 unspecified atom stereocenters. The van der Waals surface area contributed by atoms with Crippen molar-refractivity contribution in [2.75, 3.05) is 26.7 Å². The van der Waals surface area contributed by atoms with Gasteiger partial charge in [-0.05, 0) is 56.4 Å². The van der Waals surface area contributed by atoms with Crippen molar-refractivity contribution in [3.8, 4) is 5.75 Å². The normalized spacial score (nSPS) is 22.5. The van der Waals surface area contributed by atoms with Crippen LogP contribution in [-0.4, -0.2) is 66.5 Å². The highest BCUT2D eigenvalue weighted by atomic mass is 16.5. The lowest BCUT2D eigenvalue weighted by Crippen LogP contribution is -2.48. The lowest BCUT2D eigenvalue weighted by atomic mass is 10.0. The molecule has 2 aliphatic heterocycles. The minimum atomic E-state index is -0.504. The minimum absolute atomic E-state index is 0.0839. The Bertz CT molecular complexity index is 781. The number of nitrogens with zero attached hydrogens (tertiary/aromatic N) is 2. The van der Waals surface area contributed by atoms with Gasteiger partial charge in [-0.15, -0.1) is 0 Å². The van der Waals surface area contributed by atoms with Gasteiger partial charge < -0.3 is 19.3 Å². The predicted molar refractivity (Wildman–Crippen MR) is 110 cm³/mol. The second-order valence-electron chi connectivity index (χ2n) is 8.47. The Balaban J connectivity index is 1.32. The minimum Gasteiger partial charge on any atom is -0.490 e. The Morgan fingerprint density at radius 3 is 2.23 bits per heavy atom. The van der Waals surface area contributed by atoms with Crippen molar-refractivity contribution in [2.45, 2.75) is 57.1 Å². The van der Waals surface area contributed by atoms with Gasteiger partial charge in [0.1, 0.15) is 17.9 Å². The van der Waals surface area contributed by atoms with E-state index in [1.807, 2.05) is 17.0 Å². The Kier molecular flexibility index (Phi) is 6.25. The molecule has 3 aliphatic rings. The molecule has 1 atom stereocenters. The quantitative estimate of drug-likeness (QED) is 0.693. The number of amides is 2. The maximum atomic E-state index is 12.9. The third-order valence-electron chi connectivity index (χ3n) is 6.32. The molecule has 0 aromatic heterocycles. The molecule has 0 bridgehead atoms. The van der Waals surface area contributed by atoms with E-state index in [9.17, 15) is 14.4 Å². The number of carbonyl (C=O) groups is 3. The molecule has 1 saturated carbocycles. The molecule has 0 N–H and O–H groups in total. The molecule has 1 aromatic carbocycles. The Labute approximate surface area is 177 Å². The number of carbonyl (C=O) groups excluding carboxylic acids is 3. The van der Waals surface area contributed by atoms with Crippen molar-refractivity contribution >= 4 is 17.8 Å². The topological polar surface area (TPSA) is 76.2 Å². The van der Waals surface area contributed by atoms with E-state index in [1.54, 1.807) is 17.0 Å². The maximum absolute atomic E-state index is 12.9. The molecule has 4 rings (SSSR count). The number of hydrogen-bond donors (Lipinski definition) is 0. The van der Waals surface area contributed by atoms with E-state index in [-0.39, 0.29) is 23.9 Å². The number of hydrogen-bond acceptors (Lipinski definition) is 5. The zero-order chi connectivity index (χ0) is 21.1. The van der Waals surface area contributed by atoms with Crippen LogP contribution in [0, 0.1) is 5.92 Å². The van der Waals surface area contributed by atoms with E-state index in [0.29, 0.717) is 24.4 Å². The number of ether oxygens (including phenoxy) is 2. The number of piperidine rings is 2. The van der Waals surface area contributed by atoms with E-state index in [4.69, 9.17) is 9.47 Å². The van der Waals surface area contributed by atoms with Crippen LogP contribution >= 0.6 is 0 Å². The van der Waals surface area contributed by atoms with Crippen LogP contribution in [0.25, 0.3) is 0 Å². The van der Waals surface area contributed by atoms with E-state index < -0.39 is 6.04 Å². The van der Waals surface area contributed by atoms with Crippen molar-refractivity contribution in [3.63, 3.8) is 0 Å². The summed E-state index contributed by atoms with van der Waals surface area (Å²) in [6, 6.07) is 6.63. The van der Waals surface area contributed by atoms with Crippen molar-refractivity contribution in [1.29, 1.82) is 0 Å². The van der Waals surface area contributed by atoms with E-state index in [2.05, 4.69) is 0 Å². The Morgan fingerprint density at radius 1 is 0.900 bits per heavy atom. The number of benzene rings is 1. The Hall–Kier alpha value is -2.57. The first-order valence-corrected chi connectivity index (χ1v) is 11.0. The van der Waals surface area contributed by atoms with Crippen LogP contribution in [0.15, 0.2) is 24.3 Å². The highest BCUT2D eigenvalue weighted by Crippen LogP contribution is 2.32. The van der Waals surface area contributed by atoms with Gasteiger partial charge in [0.25, 0.3) is 5.91 Å². The summed E-state index contributed by atoms with van der Waals surface area (Å²) >= 11 is 0. The molecule has 2 saturated heterocycles. The molecular weight excluding hydrogens is 384 g/mol. The van der Waals surface area contributed by atoms with E-state index in [1.165, 1.54) is 7.11 Å². The van der Waals surface area contributed by atoms with Crippen LogP contribution in [0.2, 0.25) is 0 Å². The first kappa shape index (κ1) is 20.7. The monoisotopic (exact) mass is 414 g/mol. The lowest BCUT2D eigenvalue weighted by molar-refractivity contribution is -0.147. The third kappa shape index (κ3) is 4.60. The number of methoxy groups -OCH3 is 1. The number of likely N-dealkylation sites (tertiary alicyclic amines) is 2. The van der Waals surface area contributed by atoms with Gasteiger partial charge in [0.2, 0.25) is 5.91 Å². The van der Waals surface area contributed by atoms with Crippen LogP contribution < -0.4 is 4.74 Å². The van der Waals surface area contributed by atoms with Gasteiger partial charge >= 0.3 is 5.97 Å². The fraction of sp³-hybridized carbons (Fsp3) is 0.609. The Morgan fingerprint density at radius 2 is 1.60 bits per heavy atom. The summed E-state index contributed by atoms with van der Waals surface area (Å²) in [6.07, 6.45) is 6.27. The highest BCUT2D eigenvalue weighted by Gasteiger charge is 2.35. The summed E-state index contributed by atoms with van der Waals surface area (Å²) in [7, 11) is 1.36. The van der Waals surface area contributed by atoms with Crippen LogP contribution in [0.3, 0.4) is 0 Å². The van der Waals surface area contributed by atoms with Crippen molar-refractivity contribution < 1.29 is 23.9 Å². The van der Waals surface area contributed by atoms with E-state index in [0.717, 1.165) is 57.4 Å². The smallest absolute Gasteiger partial charge is 0.328 e. The summed E-state index contributed by atoms with van der Waals surface area (Å²) in [5.74, 6) is 0.797. The summed E-state index contributed by atoms with van der Waals surface area (Å²) in [5, 5.41) is 0. The standard InChI is InChI=1S/C23H30N2O5/c1-29-23(28)20-4-2-3-13-25(20)22(27)17-7-9-18(10-8-17)30-19-11-14-24(15-12-19)21(26)16-5-6-16/h7-10,16,19-20H,2-6,11-15H2,1H3/t20-/m0/s1. The molecular formula is C23H30N2O5. The molecule has 3 fully saturated rings. The number of esters is 1. The van der Waals surface area contributed by atoms with Gasteiger partial charge in [0, 0.05) is 44.0 Å². The molecule has 1 aliphatic carbocycles. The summed E-state index contributed by atoms with van der Waals surface area (Å²) in [5.41, 5.74) is 0.544. The molecule has 1 aromatic rings. The second kappa shape index (κ2) is 9.06. The fourth-order valence-electron chi connectivity index (χ4n) is 4.37. The molecule has 30 heavy (non-hydrogen) atoms. The first-order chi connectivity index (χ1) is 14.6. The van der Waals surface area contributed by atoms with Crippen molar-refractivity contribution in [3.05, 3.63) is 29.8 Å². The van der Waals surface area contributed by atoms with Crippen LogP contribution in [0.4, 0.5) is 0 Å². The molecule has 7 nitrogen and oxygen atoms in total. The zero-order valence-electron chi connectivity index (χ0n) is 17.5. The fourth-order valence-corrected chi connectivity index (χ4v) is 4.37. The highest BCUT2D eigenvalue weighted by molar-refractivity contribution is 5.97. The average molecular weight is 415 g/mol. The number of rotatable bonds is 5. The van der Waals surface area contributed by atoms with Gasteiger partial charge in [0.15, 0.2) is 0 Å².